The summed E-state index contributed by atoms with van der Waals surface area (Å²) in [6.45, 7) is 0. The fourth-order valence-corrected chi connectivity index (χ4v) is 4.34. The average Bonchev–Trinajstić information content (AvgIpc) is 2.82. The first-order valence-corrected chi connectivity index (χ1v) is 11.0. The molecule has 5 nitrogen and oxygen atoms in total. The quantitative estimate of drug-likeness (QED) is 0.336. The van der Waals surface area contributed by atoms with Gasteiger partial charge in [-0.3, -0.25) is 0 Å². The zero-order valence-corrected chi connectivity index (χ0v) is 19.5. The van der Waals surface area contributed by atoms with Crippen molar-refractivity contribution in [1.82, 2.24) is 0 Å². The smallest absolute Gasteiger partial charge is 0.157 e. The molecular formula is C28H29N3O2. The lowest BCUT2D eigenvalue weighted by atomic mass is 9.84. The molecule has 0 amide bonds. The first-order valence-electron chi connectivity index (χ1n) is 11.0. The molecule has 0 aliphatic carbocycles. The van der Waals surface area contributed by atoms with Crippen LogP contribution in [0.2, 0.25) is 0 Å². The van der Waals surface area contributed by atoms with Gasteiger partial charge in [-0.1, -0.05) is 48.5 Å². The molecule has 0 aliphatic heterocycles. The predicted molar refractivity (Wildman–Crippen MR) is 138 cm³/mol. The van der Waals surface area contributed by atoms with Crippen LogP contribution in [0.3, 0.4) is 0 Å². The van der Waals surface area contributed by atoms with Gasteiger partial charge in [0, 0.05) is 50.9 Å². The van der Waals surface area contributed by atoms with E-state index in [1.165, 1.54) is 11.1 Å². The van der Waals surface area contributed by atoms with Crippen molar-refractivity contribution in [2.45, 2.75) is 12.3 Å². The topological polar surface area (TPSA) is 56.1 Å². The number of fused-ring (bicyclic) bond motifs is 1. The normalized spacial score (nSPS) is 11.1. The summed E-state index contributed by atoms with van der Waals surface area (Å²) in [6.07, 6.45) is 0.676. The van der Waals surface area contributed by atoms with Gasteiger partial charge < -0.3 is 14.9 Å². The number of hydrogen-bond acceptors (Lipinski definition) is 5. The Kier molecular flexibility index (Phi) is 6.31. The molecule has 0 atom stereocenters. The molecule has 0 bridgehead atoms. The van der Waals surface area contributed by atoms with Gasteiger partial charge in [-0.05, 0) is 64.0 Å². The molecule has 4 aromatic carbocycles. The summed E-state index contributed by atoms with van der Waals surface area (Å²) < 4.78 is 0. The second kappa shape index (κ2) is 9.33. The number of phenolic OH excluding ortho intramolecular Hbond substituents is 1. The second-order valence-corrected chi connectivity index (χ2v) is 8.77. The van der Waals surface area contributed by atoms with Crippen LogP contribution < -0.4 is 9.80 Å². The Morgan fingerprint density at radius 1 is 0.758 bits per heavy atom. The van der Waals surface area contributed by atoms with Gasteiger partial charge in [-0.2, -0.15) is 0 Å². The number of benzene rings is 4. The minimum Gasteiger partial charge on any atom is -0.506 e. The first kappa shape index (κ1) is 22.3. The maximum Gasteiger partial charge on any atom is 0.157 e. The van der Waals surface area contributed by atoms with Crippen LogP contribution in [0.5, 0.6) is 5.75 Å². The van der Waals surface area contributed by atoms with Gasteiger partial charge in [0.2, 0.25) is 0 Å². The molecule has 0 aromatic heterocycles. The maximum absolute atomic E-state index is 11.4. The Morgan fingerprint density at radius 2 is 1.24 bits per heavy atom. The van der Waals surface area contributed by atoms with E-state index in [0.29, 0.717) is 11.8 Å². The molecule has 4 aromatic rings. The summed E-state index contributed by atoms with van der Waals surface area (Å²) >= 11 is 0. The van der Waals surface area contributed by atoms with E-state index in [1.54, 1.807) is 6.07 Å². The molecule has 0 spiro atoms. The van der Waals surface area contributed by atoms with E-state index in [1.807, 2.05) is 52.5 Å². The molecule has 33 heavy (non-hydrogen) atoms. The highest BCUT2D eigenvalue weighted by Crippen LogP contribution is 2.40. The number of nitroso groups, excluding NO2 is 1. The number of hydrogen-bond donors (Lipinski definition) is 1. The van der Waals surface area contributed by atoms with E-state index in [4.69, 9.17) is 0 Å². The monoisotopic (exact) mass is 439 g/mol. The fourth-order valence-electron chi connectivity index (χ4n) is 4.34. The summed E-state index contributed by atoms with van der Waals surface area (Å²) in [5.41, 5.74) is 5.75. The number of anilines is 2. The molecule has 0 unspecified atom stereocenters. The van der Waals surface area contributed by atoms with E-state index in [9.17, 15) is 10.0 Å². The summed E-state index contributed by atoms with van der Waals surface area (Å²) in [6, 6.07) is 26.5. The van der Waals surface area contributed by atoms with Crippen LogP contribution in [0.1, 0.15) is 22.6 Å². The zero-order valence-electron chi connectivity index (χ0n) is 19.5. The molecule has 0 fully saturated rings. The number of aromatic hydroxyl groups is 1. The van der Waals surface area contributed by atoms with Crippen LogP contribution >= 0.6 is 0 Å². The van der Waals surface area contributed by atoms with Crippen molar-refractivity contribution in [3.63, 3.8) is 0 Å². The Labute approximate surface area is 194 Å². The third-order valence-electron chi connectivity index (χ3n) is 6.22. The highest BCUT2D eigenvalue weighted by molar-refractivity contribution is 5.97. The van der Waals surface area contributed by atoms with Gasteiger partial charge >= 0.3 is 0 Å². The lowest BCUT2D eigenvalue weighted by molar-refractivity contribution is 0.476. The van der Waals surface area contributed by atoms with Crippen molar-refractivity contribution in [3.8, 4) is 5.75 Å². The highest BCUT2D eigenvalue weighted by Gasteiger charge is 2.20. The van der Waals surface area contributed by atoms with Crippen molar-refractivity contribution in [2.24, 2.45) is 5.18 Å². The third kappa shape index (κ3) is 4.53. The SMILES string of the molecule is CN(C)c1ccc(C(Cc2cc(O)c(N=O)c3ccccc23)c2ccc(N(C)C)cc2)cc1. The molecule has 0 radical (unpaired) electrons. The second-order valence-electron chi connectivity index (χ2n) is 8.77. The lowest BCUT2D eigenvalue weighted by Crippen LogP contribution is -2.11. The predicted octanol–water partition coefficient (Wildman–Crippen LogP) is 6.45. The largest absolute Gasteiger partial charge is 0.506 e. The summed E-state index contributed by atoms with van der Waals surface area (Å²) in [5, 5.41) is 15.2. The first-order chi connectivity index (χ1) is 15.9. The number of rotatable bonds is 7. The van der Waals surface area contributed by atoms with E-state index >= 15 is 0 Å². The number of phenols is 1. The average molecular weight is 440 g/mol. The summed E-state index contributed by atoms with van der Waals surface area (Å²) in [5.74, 6) is -0.00127. The fraction of sp³-hybridized carbons (Fsp3) is 0.214. The van der Waals surface area contributed by atoms with Crippen LogP contribution in [0.25, 0.3) is 10.8 Å². The van der Waals surface area contributed by atoms with Crippen LogP contribution in [0.4, 0.5) is 17.1 Å². The van der Waals surface area contributed by atoms with Crippen LogP contribution in [-0.2, 0) is 6.42 Å². The number of nitrogens with zero attached hydrogens (tertiary/aromatic N) is 3. The molecule has 4 rings (SSSR count). The van der Waals surface area contributed by atoms with Crippen molar-refractivity contribution in [3.05, 3.63) is 100 Å². The van der Waals surface area contributed by atoms with Gasteiger partial charge in [0.25, 0.3) is 0 Å². The Hall–Kier alpha value is -3.86. The van der Waals surface area contributed by atoms with Gasteiger partial charge in [-0.15, -0.1) is 4.91 Å². The molecule has 1 N–H and O–H groups in total. The van der Waals surface area contributed by atoms with E-state index < -0.39 is 0 Å². The molecule has 0 aliphatic rings. The van der Waals surface area contributed by atoms with Crippen molar-refractivity contribution in [2.75, 3.05) is 38.0 Å². The molecule has 168 valence electrons. The Morgan fingerprint density at radius 3 is 1.70 bits per heavy atom. The Bertz CT molecular complexity index is 1210. The minimum atomic E-state index is -0.0802. The van der Waals surface area contributed by atoms with Gasteiger partial charge in [0.1, 0.15) is 5.75 Å². The van der Waals surface area contributed by atoms with Crippen molar-refractivity contribution >= 4 is 27.8 Å². The standard InChI is InChI=1S/C28H29N3O2/c1-30(2)22-13-9-19(10-14-22)26(20-11-15-23(16-12-20)31(3)4)17-21-18-27(32)28(29-33)25-8-6-5-7-24(21)25/h5-16,18,26,32H,17H2,1-4H3. The molecule has 5 heteroatoms. The molecule has 0 saturated carbocycles. The van der Waals surface area contributed by atoms with Crippen LogP contribution in [0.15, 0.2) is 84.0 Å². The van der Waals surface area contributed by atoms with Crippen molar-refractivity contribution < 1.29 is 5.11 Å². The molecule has 0 saturated heterocycles. The third-order valence-corrected chi connectivity index (χ3v) is 6.22. The van der Waals surface area contributed by atoms with Gasteiger partial charge in [0.05, 0.1) is 0 Å². The van der Waals surface area contributed by atoms with Crippen molar-refractivity contribution in [1.29, 1.82) is 0 Å². The van der Waals surface area contributed by atoms with Crippen LogP contribution in [0, 0.1) is 4.91 Å². The molecule has 0 heterocycles. The van der Waals surface area contributed by atoms with Gasteiger partial charge in [-0.25, -0.2) is 0 Å². The van der Waals surface area contributed by atoms with E-state index in [2.05, 4.69) is 63.5 Å². The van der Waals surface area contributed by atoms with Crippen LogP contribution in [-0.4, -0.2) is 33.3 Å². The molecular weight excluding hydrogens is 410 g/mol. The lowest BCUT2D eigenvalue weighted by Gasteiger charge is -2.22. The zero-order chi connectivity index (χ0) is 23.5. The van der Waals surface area contributed by atoms with Gasteiger partial charge in [0.15, 0.2) is 5.69 Å². The summed E-state index contributed by atoms with van der Waals surface area (Å²) in [7, 11) is 8.13. The maximum atomic E-state index is 11.4. The minimum absolute atomic E-state index is 0.0790. The highest BCUT2D eigenvalue weighted by atomic mass is 16.3. The Balaban J connectivity index is 1.83. The summed E-state index contributed by atoms with van der Waals surface area (Å²) in [4.78, 5) is 15.5. The van der Waals surface area contributed by atoms with E-state index in [-0.39, 0.29) is 17.4 Å². The van der Waals surface area contributed by atoms with E-state index in [0.717, 1.165) is 22.3 Å².